The molecule has 1 aromatic heterocycles. The number of nitrogens with zero attached hydrogens (tertiary/aromatic N) is 2. The molecule has 20 heavy (non-hydrogen) atoms. The number of hydrogen-bond acceptors (Lipinski definition) is 3. The Morgan fingerprint density at radius 1 is 1.10 bits per heavy atom. The normalized spacial score (nSPS) is 19.9. The first-order chi connectivity index (χ1) is 9.84. The second-order valence-corrected chi connectivity index (χ2v) is 5.45. The van der Waals surface area contributed by atoms with E-state index in [-0.39, 0.29) is 0 Å². The number of nitrogens with two attached hydrogens (primary N) is 1. The third kappa shape index (κ3) is 2.83. The highest BCUT2D eigenvalue weighted by Gasteiger charge is 2.25. The summed E-state index contributed by atoms with van der Waals surface area (Å²) in [6.07, 6.45) is 5.47. The summed E-state index contributed by atoms with van der Waals surface area (Å²) in [6.45, 7) is 2.12. The number of piperidine rings is 1. The summed E-state index contributed by atoms with van der Waals surface area (Å²) in [7, 11) is 0. The van der Waals surface area contributed by atoms with E-state index in [4.69, 9.17) is 5.73 Å². The summed E-state index contributed by atoms with van der Waals surface area (Å²) in [5, 5.41) is 0. The van der Waals surface area contributed by atoms with E-state index < -0.39 is 0 Å². The monoisotopic (exact) mass is 267 g/mol. The van der Waals surface area contributed by atoms with E-state index in [1.54, 1.807) is 6.20 Å². The first-order valence-electron chi connectivity index (χ1n) is 7.33. The van der Waals surface area contributed by atoms with Crippen LogP contribution < -0.4 is 5.73 Å². The van der Waals surface area contributed by atoms with Crippen LogP contribution in [-0.2, 0) is 6.54 Å². The third-order valence-electron chi connectivity index (χ3n) is 4.07. The maximum atomic E-state index is 6.07. The molecule has 2 N–H and O–H groups in total. The fourth-order valence-corrected chi connectivity index (χ4v) is 3.06. The van der Waals surface area contributed by atoms with Crippen LogP contribution in [0, 0.1) is 0 Å². The molecule has 0 spiro atoms. The van der Waals surface area contributed by atoms with E-state index in [9.17, 15) is 0 Å². The van der Waals surface area contributed by atoms with Crippen LogP contribution in [0.4, 0.5) is 5.82 Å². The van der Waals surface area contributed by atoms with E-state index in [2.05, 4.69) is 46.3 Å². The number of pyridine rings is 1. The van der Waals surface area contributed by atoms with Crippen LogP contribution in [0.3, 0.4) is 0 Å². The number of nitrogen functional groups attached to an aromatic ring is 1. The molecule has 1 aliphatic heterocycles. The van der Waals surface area contributed by atoms with Gasteiger partial charge in [-0.2, -0.15) is 0 Å². The fourth-order valence-electron chi connectivity index (χ4n) is 3.06. The van der Waals surface area contributed by atoms with E-state index in [0.717, 1.165) is 13.1 Å². The minimum absolute atomic E-state index is 0.401. The summed E-state index contributed by atoms with van der Waals surface area (Å²) < 4.78 is 0. The standard InChI is InChI=1S/C17H21N3/c18-17-15(9-6-11-19-17)16-10-4-5-12-20(16)13-14-7-2-1-3-8-14/h1-3,6-9,11,16H,4-5,10,12-13H2,(H2,18,19)/t16-/m0/s1. The van der Waals surface area contributed by atoms with Gasteiger partial charge in [-0.05, 0) is 31.0 Å². The summed E-state index contributed by atoms with van der Waals surface area (Å²) in [5.74, 6) is 0.678. The van der Waals surface area contributed by atoms with Gasteiger partial charge in [0.25, 0.3) is 0 Å². The van der Waals surface area contributed by atoms with Crippen molar-refractivity contribution in [3.8, 4) is 0 Å². The van der Waals surface area contributed by atoms with Crippen molar-refractivity contribution in [3.63, 3.8) is 0 Å². The van der Waals surface area contributed by atoms with E-state index in [1.165, 1.54) is 30.4 Å². The molecule has 0 saturated carbocycles. The molecule has 3 nitrogen and oxygen atoms in total. The number of benzene rings is 1. The lowest BCUT2D eigenvalue weighted by Crippen LogP contribution is -2.33. The van der Waals surface area contributed by atoms with Crippen LogP contribution in [0.15, 0.2) is 48.7 Å². The summed E-state index contributed by atoms with van der Waals surface area (Å²) in [5.41, 5.74) is 8.62. The molecule has 0 amide bonds. The molecule has 1 atom stereocenters. The molecule has 0 unspecified atom stereocenters. The molecule has 3 heteroatoms. The van der Waals surface area contributed by atoms with Gasteiger partial charge in [-0.25, -0.2) is 4.98 Å². The zero-order valence-electron chi connectivity index (χ0n) is 11.7. The van der Waals surface area contributed by atoms with Crippen LogP contribution in [-0.4, -0.2) is 16.4 Å². The minimum Gasteiger partial charge on any atom is -0.383 e. The summed E-state index contributed by atoms with van der Waals surface area (Å²) in [4.78, 5) is 6.78. The molecule has 104 valence electrons. The smallest absolute Gasteiger partial charge is 0.128 e. The molecule has 2 aromatic rings. The van der Waals surface area contributed by atoms with Crippen molar-refractivity contribution in [2.45, 2.75) is 31.8 Å². The average molecular weight is 267 g/mol. The Morgan fingerprint density at radius 2 is 1.95 bits per heavy atom. The molecular formula is C17H21N3. The molecule has 2 heterocycles. The predicted molar refractivity (Wildman–Crippen MR) is 82.1 cm³/mol. The predicted octanol–water partition coefficient (Wildman–Crippen LogP) is 3.39. The number of aromatic nitrogens is 1. The zero-order chi connectivity index (χ0) is 13.8. The lowest BCUT2D eigenvalue weighted by molar-refractivity contribution is 0.141. The average Bonchev–Trinajstić information content (AvgIpc) is 2.50. The molecule has 0 aliphatic carbocycles. The molecule has 3 rings (SSSR count). The lowest BCUT2D eigenvalue weighted by atomic mass is 9.95. The van der Waals surface area contributed by atoms with Crippen molar-refractivity contribution in [2.75, 3.05) is 12.3 Å². The Morgan fingerprint density at radius 3 is 2.75 bits per heavy atom. The Bertz CT molecular complexity index is 553. The van der Waals surface area contributed by atoms with Gasteiger partial charge in [-0.1, -0.05) is 42.8 Å². The minimum atomic E-state index is 0.401. The molecule has 1 saturated heterocycles. The number of hydrogen-bond donors (Lipinski definition) is 1. The number of likely N-dealkylation sites (tertiary alicyclic amines) is 1. The van der Waals surface area contributed by atoms with Gasteiger partial charge in [0.1, 0.15) is 5.82 Å². The SMILES string of the molecule is Nc1ncccc1[C@@H]1CCCCN1Cc1ccccc1. The molecule has 0 radical (unpaired) electrons. The Balaban J connectivity index is 1.83. The molecule has 0 bridgehead atoms. The van der Waals surface area contributed by atoms with Crippen LogP contribution in [0.2, 0.25) is 0 Å². The first-order valence-corrected chi connectivity index (χ1v) is 7.33. The van der Waals surface area contributed by atoms with Crippen molar-refractivity contribution in [1.29, 1.82) is 0 Å². The van der Waals surface area contributed by atoms with Crippen LogP contribution in [0.1, 0.15) is 36.4 Å². The van der Waals surface area contributed by atoms with Crippen LogP contribution in [0.25, 0.3) is 0 Å². The highest BCUT2D eigenvalue weighted by Crippen LogP contribution is 2.34. The second-order valence-electron chi connectivity index (χ2n) is 5.45. The van der Waals surface area contributed by atoms with E-state index in [1.807, 2.05) is 6.07 Å². The van der Waals surface area contributed by atoms with Gasteiger partial charge in [-0.3, -0.25) is 4.90 Å². The molecule has 1 aromatic carbocycles. The van der Waals surface area contributed by atoms with E-state index in [0.29, 0.717) is 11.9 Å². The van der Waals surface area contributed by atoms with Crippen molar-refractivity contribution in [1.82, 2.24) is 9.88 Å². The molecular weight excluding hydrogens is 246 g/mol. The molecule has 1 aliphatic rings. The largest absolute Gasteiger partial charge is 0.383 e. The van der Waals surface area contributed by atoms with Crippen molar-refractivity contribution in [2.24, 2.45) is 0 Å². The molecule has 1 fully saturated rings. The van der Waals surface area contributed by atoms with Gasteiger partial charge in [0.2, 0.25) is 0 Å². The van der Waals surface area contributed by atoms with Gasteiger partial charge in [0, 0.05) is 24.3 Å². The Hall–Kier alpha value is -1.87. The van der Waals surface area contributed by atoms with Gasteiger partial charge in [0.15, 0.2) is 0 Å². The first kappa shape index (κ1) is 13.1. The Labute approximate surface area is 120 Å². The highest BCUT2D eigenvalue weighted by molar-refractivity contribution is 5.41. The second kappa shape index (κ2) is 6.06. The van der Waals surface area contributed by atoms with Crippen molar-refractivity contribution >= 4 is 5.82 Å². The van der Waals surface area contributed by atoms with E-state index >= 15 is 0 Å². The van der Waals surface area contributed by atoms with Gasteiger partial charge >= 0.3 is 0 Å². The topological polar surface area (TPSA) is 42.1 Å². The fraction of sp³-hybridized carbons (Fsp3) is 0.353. The van der Waals surface area contributed by atoms with Gasteiger partial charge in [-0.15, -0.1) is 0 Å². The van der Waals surface area contributed by atoms with Crippen LogP contribution in [0.5, 0.6) is 0 Å². The van der Waals surface area contributed by atoms with Gasteiger partial charge in [0.05, 0.1) is 0 Å². The third-order valence-corrected chi connectivity index (χ3v) is 4.07. The van der Waals surface area contributed by atoms with Crippen LogP contribution >= 0.6 is 0 Å². The zero-order valence-corrected chi connectivity index (χ0v) is 11.7. The lowest BCUT2D eigenvalue weighted by Gasteiger charge is -2.36. The number of anilines is 1. The quantitative estimate of drug-likeness (QED) is 0.927. The highest BCUT2D eigenvalue weighted by atomic mass is 15.2. The van der Waals surface area contributed by atoms with Crippen molar-refractivity contribution < 1.29 is 0 Å². The maximum Gasteiger partial charge on any atom is 0.128 e. The Kier molecular flexibility index (Phi) is 3.97. The maximum absolute atomic E-state index is 6.07. The van der Waals surface area contributed by atoms with Gasteiger partial charge < -0.3 is 5.73 Å². The number of rotatable bonds is 3. The summed E-state index contributed by atoms with van der Waals surface area (Å²) >= 11 is 0. The summed E-state index contributed by atoms with van der Waals surface area (Å²) in [6, 6.07) is 15.2. The van der Waals surface area contributed by atoms with Crippen molar-refractivity contribution in [3.05, 3.63) is 59.8 Å².